The molecular weight excluding hydrogens is 479 g/mol. The SMILES string of the molecule is O=C(NCc1ccc2c(c1)OCO2)C1Cc2cc([N+](=O)[O-])ccc2N2CCN(c3ccccc3F)CC12. The Morgan fingerprint density at radius 3 is 2.73 bits per heavy atom. The topological polar surface area (TPSA) is 97.2 Å². The molecule has 10 heteroatoms. The highest BCUT2D eigenvalue weighted by Gasteiger charge is 2.42. The summed E-state index contributed by atoms with van der Waals surface area (Å²) >= 11 is 0. The number of para-hydroxylation sites is 1. The van der Waals surface area contributed by atoms with Crippen molar-refractivity contribution < 1.29 is 23.6 Å². The minimum Gasteiger partial charge on any atom is -0.454 e. The average molecular weight is 505 g/mol. The molecule has 0 radical (unpaired) electrons. The molecule has 0 bridgehead atoms. The van der Waals surface area contributed by atoms with E-state index in [2.05, 4.69) is 10.2 Å². The highest BCUT2D eigenvalue weighted by molar-refractivity contribution is 5.82. The molecule has 2 atom stereocenters. The maximum atomic E-state index is 14.6. The quantitative estimate of drug-likeness (QED) is 0.419. The van der Waals surface area contributed by atoms with Gasteiger partial charge in [0.25, 0.3) is 5.69 Å². The Kier molecular flexibility index (Phi) is 5.78. The van der Waals surface area contributed by atoms with Crippen LogP contribution in [0, 0.1) is 21.8 Å². The Balaban J connectivity index is 1.27. The Morgan fingerprint density at radius 2 is 1.89 bits per heavy atom. The molecule has 0 saturated carbocycles. The van der Waals surface area contributed by atoms with Gasteiger partial charge in [0.15, 0.2) is 11.5 Å². The van der Waals surface area contributed by atoms with Gasteiger partial charge in [0.05, 0.1) is 22.6 Å². The van der Waals surface area contributed by atoms with E-state index in [1.165, 1.54) is 12.1 Å². The number of anilines is 2. The molecule has 0 aliphatic carbocycles. The third-order valence-electron chi connectivity index (χ3n) is 7.34. The van der Waals surface area contributed by atoms with Crippen molar-refractivity contribution in [2.24, 2.45) is 5.92 Å². The molecule has 1 fully saturated rings. The average Bonchev–Trinajstić information content (AvgIpc) is 3.39. The van der Waals surface area contributed by atoms with Gasteiger partial charge in [-0.1, -0.05) is 18.2 Å². The smallest absolute Gasteiger partial charge is 0.269 e. The molecule has 3 aromatic rings. The van der Waals surface area contributed by atoms with Crippen LogP contribution in [0.15, 0.2) is 60.7 Å². The first-order valence-corrected chi connectivity index (χ1v) is 12.2. The Morgan fingerprint density at radius 1 is 1.05 bits per heavy atom. The summed E-state index contributed by atoms with van der Waals surface area (Å²) in [6.45, 7) is 2.07. The third-order valence-corrected chi connectivity index (χ3v) is 7.34. The summed E-state index contributed by atoms with van der Waals surface area (Å²) in [5, 5.41) is 14.4. The first-order valence-electron chi connectivity index (χ1n) is 12.2. The molecule has 1 amide bonds. The fourth-order valence-corrected chi connectivity index (χ4v) is 5.52. The van der Waals surface area contributed by atoms with E-state index in [4.69, 9.17) is 9.47 Å². The number of hydrogen-bond donors (Lipinski definition) is 1. The number of fused-ring (bicyclic) bond motifs is 4. The van der Waals surface area contributed by atoms with Gasteiger partial charge >= 0.3 is 0 Å². The summed E-state index contributed by atoms with van der Waals surface area (Å²) in [4.78, 5) is 28.7. The van der Waals surface area contributed by atoms with Crippen LogP contribution in [0.25, 0.3) is 0 Å². The van der Waals surface area contributed by atoms with Gasteiger partial charge in [-0.05, 0) is 47.9 Å². The van der Waals surface area contributed by atoms with Gasteiger partial charge in [0.1, 0.15) is 5.82 Å². The number of carbonyl (C=O) groups excluding carboxylic acids is 1. The molecule has 0 spiro atoms. The third kappa shape index (κ3) is 4.28. The van der Waals surface area contributed by atoms with Crippen LogP contribution in [0.1, 0.15) is 11.1 Å². The molecule has 3 aliphatic heterocycles. The normalized spacial score (nSPS) is 19.7. The Hall–Kier alpha value is -4.34. The lowest BCUT2D eigenvalue weighted by Gasteiger charge is -2.49. The second kappa shape index (κ2) is 9.27. The lowest BCUT2D eigenvalue weighted by molar-refractivity contribution is -0.384. The van der Waals surface area contributed by atoms with Crippen molar-refractivity contribution in [3.8, 4) is 11.5 Å². The standard InChI is InChI=1S/C27H25FN4O5/c28-21-3-1-2-4-23(21)30-9-10-31-22-7-6-19(32(34)35)12-18(22)13-20(24(31)15-30)27(33)29-14-17-5-8-25-26(11-17)37-16-36-25/h1-8,11-12,20,24H,9-10,13-16H2,(H,29,33). The first-order chi connectivity index (χ1) is 18.0. The van der Waals surface area contributed by atoms with Crippen LogP contribution < -0.4 is 24.6 Å². The van der Waals surface area contributed by atoms with E-state index < -0.39 is 10.8 Å². The monoisotopic (exact) mass is 504 g/mol. The Labute approximate surface area is 212 Å². The summed E-state index contributed by atoms with van der Waals surface area (Å²) in [5.74, 6) is 0.390. The van der Waals surface area contributed by atoms with Crippen molar-refractivity contribution in [3.05, 3.63) is 87.7 Å². The highest BCUT2D eigenvalue weighted by Crippen LogP contribution is 2.39. The molecule has 3 heterocycles. The first kappa shape index (κ1) is 23.1. The second-order valence-electron chi connectivity index (χ2n) is 9.44. The van der Waals surface area contributed by atoms with Gasteiger partial charge in [-0.15, -0.1) is 0 Å². The second-order valence-corrected chi connectivity index (χ2v) is 9.44. The van der Waals surface area contributed by atoms with Gasteiger partial charge in [-0.2, -0.15) is 0 Å². The number of nitrogens with zero attached hydrogens (tertiary/aromatic N) is 3. The molecule has 1 N–H and O–H groups in total. The van der Waals surface area contributed by atoms with Crippen molar-refractivity contribution in [2.75, 3.05) is 36.2 Å². The van der Waals surface area contributed by atoms with Crippen LogP contribution in [-0.4, -0.2) is 43.3 Å². The van der Waals surface area contributed by atoms with Crippen molar-refractivity contribution >= 4 is 23.0 Å². The summed E-state index contributed by atoms with van der Waals surface area (Å²) in [6, 6.07) is 16.8. The van der Waals surface area contributed by atoms with E-state index in [-0.39, 0.29) is 30.2 Å². The van der Waals surface area contributed by atoms with Crippen molar-refractivity contribution in [1.82, 2.24) is 5.32 Å². The van der Waals surface area contributed by atoms with Gasteiger partial charge in [-0.25, -0.2) is 4.39 Å². The maximum absolute atomic E-state index is 14.6. The van der Waals surface area contributed by atoms with Crippen LogP contribution in [0.5, 0.6) is 11.5 Å². The molecule has 9 nitrogen and oxygen atoms in total. The molecular formula is C27H25FN4O5. The lowest BCUT2D eigenvalue weighted by atomic mass is 9.83. The maximum Gasteiger partial charge on any atom is 0.269 e. The summed E-state index contributed by atoms with van der Waals surface area (Å²) < 4.78 is 25.4. The van der Waals surface area contributed by atoms with E-state index in [9.17, 15) is 19.3 Å². The van der Waals surface area contributed by atoms with Gasteiger partial charge in [-0.3, -0.25) is 14.9 Å². The highest BCUT2D eigenvalue weighted by atomic mass is 19.1. The summed E-state index contributed by atoms with van der Waals surface area (Å²) in [6.07, 6.45) is 0.357. The minimum atomic E-state index is -0.474. The van der Waals surface area contributed by atoms with Gasteiger partial charge in [0.2, 0.25) is 12.7 Å². The predicted molar refractivity (Wildman–Crippen MR) is 134 cm³/mol. The number of nitrogens with one attached hydrogen (secondary N) is 1. The van der Waals surface area contributed by atoms with Crippen LogP contribution in [0.2, 0.25) is 0 Å². The largest absolute Gasteiger partial charge is 0.454 e. The molecule has 3 aliphatic rings. The molecule has 6 rings (SSSR count). The van der Waals surface area contributed by atoms with Crippen LogP contribution in [0.4, 0.5) is 21.5 Å². The number of nitro benzene ring substituents is 1. The van der Waals surface area contributed by atoms with Crippen molar-refractivity contribution in [2.45, 2.75) is 19.0 Å². The summed E-state index contributed by atoms with van der Waals surface area (Å²) in [7, 11) is 0. The number of hydrogen-bond acceptors (Lipinski definition) is 7. The van der Waals surface area contributed by atoms with Crippen molar-refractivity contribution in [3.63, 3.8) is 0 Å². The number of amides is 1. The van der Waals surface area contributed by atoms with E-state index >= 15 is 0 Å². The van der Waals surface area contributed by atoms with Crippen molar-refractivity contribution in [1.29, 1.82) is 0 Å². The van der Waals surface area contributed by atoms with E-state index in [0.717, 1.165) is 16.8 Å². The predicted octanol–water partition coefficient (Wildman–Crippen LogP) is 3.65. The zero-order valence-electron chi connectivity index (χ0n) is 19.9. The number of benzene rings is 3. The number of ether oxygens (including phenoxy) is 2. The molecule has 190 valence electrons. The zero-order chi connectivity index (χ0) is 25.5. The number of halogens is 1. The number of non-ortho nitro benzene ring substituents is 1. The molecule has 0 aromatic heterocycles. The number of nitro groups is 1. The number of rotatable bonds is 5. The fraction of sp³-hybridized carbons (Fsp3) is 0.296. The van der Waals surface area contributed by atoms with Crippen LogP contribution >= 0.6 is 0 Å². The summed E-state index contributed by atoms with van der Waals surface area (Å²) in [5.41, 5.74) is 3.05. The van der Waals surface area contributed by atoms with Crippen LogP contribution in [0.3, 0.4) is 0 Å². The van der Waals surface area contributed by atoms with E-state index in [1.54, 1.807) is 30.3 Å². The van der Waals surface area contributed by atoms with E-state index in [1.807, 2.05) is 23.1 Å². The molecule has 1 saturated heterocycles. The molecule has 2 unspecified atom stereocenters. The van der Waals surface area contributed by atoms with Crippen LogP contribution in [-0.2, 0) is 17.8 Å². The zero-order valence-corrected chi connectivity index (χ0v) is 19.9. The lowest BCUT2D eigenvalue weighted by Crippen LogP contribution is -2.61. The fourth-order valence-electron chi connectivity index (χ4n) is 5.52. The Bertz CT molecular complexity index is 1380. The van der Waals surface area contributed by atoms with Gasteiger partial charge < -0.3 is 24.6 Å². The number of carbonyl (C=O) groups is 1. The van der Waals surface area contributed by atoms with Gasteiger partial charge in [0, 0.05) is 44.0 Å². The van der Waals surface area contributed by atoms with E-state index in [0.29, 0.717) is 49.8 Å². The molecule has 37 heavy (non-hydrogen) atoms. The minimum absolute atomic E-state index is 0.00158. The number of piperazine rings is 1. The molecule has 3 aromatic carbocycles.